The molecule has 1 aromatic heterocycles. The second-order valence-electron chi connectivity index (χ2n) is 4.59. The largest absolute Gasteiger partial charge is 0.480 e. The Balaban J connectivity index is 2.18. The minimum atomic E-state index is -1.04. The number of amides is 1. The van der Waals surface area contributed by atoms with E-state index in [9.17, 15) is 9.59 Å². The van der Waals surface area contributed by atoms with Crippen molar-refractivity contribution in [2.45, 2.75) is 19.4 Å². The Morgan fingerprint density at radius 2 is 2.05 bits per heavy atom. The number of carbonyl (C=O) groups is 2. The van der Waals surface area contributed by atoms with Crippen LogP contribution < -0.4 is 5.32 Å². The molecule has 0 radical (unpaired) electrons. The van der Waals surface area contributed by atoms with Crippen LogP contribution in [0.1, 0.15) is 12.5 Å². The van der Waals surface area contributed by atoms with Crippen LogP contribution in [0.25, 0.3) is 10.9 Å². The van der Waals surface area contributed by atoms with E-state index in [1.165, 1.54) is 6.92 Å². The molecule has 0 aliphatic rings. The van der Waals surface area contributed by atoms with E-state index in [2.05, 4.69) is 5.32 Å². The highest BCUT2D eigenvalue weighted by Gasteiger charge is 2.15. The number of fused-ring (bicyclic) bond motifs is 1. The number of carboxylic acids is 1. The van der Waals surface area contributed by atoms with Gasteiger partial charge in [0.25, 0.3) is 0 Å². The number of nitrogens with one attached hydrogen (secondary N) is 1. The van der Waals surface area contributed by atoms with Gasteiger partial charge in [-0.15, -0.1) is 0 Å². The number of para-hydroxylation sites is 1. The van der Waals surface area contributed by atoms with Gasteiger partial charge in [0.2, 0.25) is 5.91 Å². The first kappa shape index (κ1) is 13.1. The normalized spacial score (nSPS) is 12.3. The number of aliphatic carboxylic acids is 1. The Morgan fingerprint density at radius 1 is 1.37 bits per heavy atom. The molecule has 0 spiro atoms. The second kappa shape index (κ2) is 5.14. The molecule has 2 N–H and O–H groups in total. The van der Waals surface area contributed by atoms with Gasteiger partial charge in [0.15, 0.2) is 0 Å². The van der Waals surface area contributed by atoms with E-state index in [1.807, 2.05) is 42.1 Å². The predicted octanol–water partition coefficient (Wildman–Crippen LogP) is 1.31. The van der Waals surface area contributed by atoms with Crippen LogP contribution in [0.3, 0.4) is 0 Å². The van der Waals surface area contributed by atoms with Crippen molar-refractivity contribution in [3.8, 4) is 0 Å². The fourth-order valence-corrected chi connectivity index (χ4v) is 2.09. The van der Waals surface area contributed by atoms with E-state index in [0.717, 1.165) is 16.5 Å². The summed E-state index contributed by atoms with van der Waals surface area (Å²) in [6, 6.07) is 6.93. The lowest BCUT2D eigenvalue weighted by Gasteiger charge is -2.08. The van der Waals surface area contributed by atoms with E-state index >= 15 is 0 Å². The summed E-state index contributed by atoms with van der Waals surface area (Å²) in [6.07, 6.45) is 2.08. The van der Waals surface area contributed by atoms with Gasteiger partial charge in [-0.1, -0.05) is 18.2 Å². The molecule has 1 heterocycles. The Morgan fingerprint density at radius 3 is 2.74 bits per heavy atom. The molecule has 0 bridgehead atoms. The molecule has 0 aliphatic heterocycles. The Hall–Kier alpha value is -2.30. The third-order valence-corrected chi connectivity index (χ3v) is 3.08. The van der Waals surface area contributed by atoms with Gasteiger partial charge in [0.05, 0.1) is 6.42 Å². The molecule has 2 rings (SSSR count). The van der Waals surface area contributed by atoms with Crippen LogP contribution >= 0.6 is 0 Å². The zero-order valence-electron chi connectivity index (χ0n) is 10.9. The molecule has 5 nitrogen and oxygen atoms in total. The molecule has 1 atom stereocenters. The summed E-state index contributed by atoms with van der Waals surface area (Å²) in [7, 11) is 1.92. The highest BCUT2D eigenvalue weighted by atomic mass is 16.4. The Labute approximate surface area is 110 Å². The van der Waals surface area contributed by atoms with Gasteiger partial charge in [-0.25, -0.2) is 0 Å². The second-order valence-corrected chi connectivity index (χ2v) is 4.59. The lowest BCUT2D eigenvalue weighted by molar-refractivity contribution is -0.141. The predicted molar refractivity (Wildman–Crippen MR) is 71.9 cm³/mol. The fourth-order valence-electron chi connectivity index (χ4n) is 2.09. The van der Waals surface area contributed by atoms with Crippen molar-refractivity contribution in [3.05, 3.63) is 36.0 Å². The lowest BCUT2D eigenvalue weighted by Crippen LogP contribution is -2.39. The number of nitrogens with zero attached hydrogens (tertiary/aromatic N) is 1. The monoisotopic (exact) mass is 260 g/mol. The summed E-state index contributed by atoms with van der Waals surface area (Å²) in [4.78, 5) is 22.5. The van der Waals surface area contributed by atoms with Gasteiger partial charge in [0, 0.05) is 24.1 Å². The Kier molecular flexibility index (Phi) is 3.55. The molecule has 5 heteroatoms. The topological polar surface area (TPSA) is 71.3 Å². The highest BCUT2D eigenvalue weighted by molar-refractivity contribution is 5.90. The third kappa shape index (κ3) is 2.76. The van der Waals surface area contributed by atoms with Crippen molar-refractivity contribution in [2.75, 3.05) is 0 Å². The highest BCUT2D eigenvalue weighted by Crippen LogP contribution is 2.20. The average Bonchev–Trinajstić information content (AvgIpc) is 2.67. The maximum Gasteiger partial charge on any atom is 0.325 e. The van der Waals surface area contributed by atoms with Crippen LogP contribution in [0.4, 0.5) is 0 Å². The van der Waals surface area contributed by atoms with Crippen LogP contribution in [0.5, 0.6) is 0 Å². The lowest BCUT2D eigenvalue weighted by atomic mass is 10.1. The quantitative estimate of drug-likeness (QED) is 0.870. The first-order valence-corrected chi connectivity index (χ1v) is 6.04. The van der Waals surface area contributed by atoms with Crippen molar-refractivity contribution in [2.24, 2.45) is 7.05 Å². The van der Waals surface area contributed by atoms with Gasteiger partial charge in [-0.3, -0.25) is 9.59 Å². The van der Waals surface area contributed by atoms with Crippen LogP contribution in [-0.4, -0.2) is 27.6 Å². The maximum absolute atomic E-state index is 11.8. The van der Waals surface area contributed by atoms with Crippen LogP contribution in [0.15, 0.2) is 30.5 Å². The standard InChI is InChI=1S/C14H16N2O3/c1-9(14(18)19)15-13(17)7-10-8-16(2)12-6-4-3-5-11(10)12/h3-6,8-9H,7H2,1-2H3,(H,15,17)(H,18,19). The number of aryl methyl sites for hydroxylation is 1. The molecule has 100 valence electrons. The molecule has 2 aromatic rings. The van der Waals surface area contributed by atoms with Crippen molar-refractivity contribution in [1.29, 1.82) is 0 Å². The molecule has 0 fully saturated rings. The van der Waals surface area contributed by atoms with E-state index < -0.39 is 12.0 Å². The van der Waals surface area contributed by atoms with Crippen LogP contribution in [-0.2, 0) is 23.1 Å². The van der Waals surface area contributed by atoms with Gasteiger partial charge >= 0.3 is 5.97 Å². The minimum Gasteiger partial charge on any atom is -0.480 e. The summed E-state index contributed by atoms with van der Waals surface area (Å²) in [5.74, 6) is -1.32. The third-order valence-electron chi connectivity index (χ3n) is 3.08. The summed E-state index contributed by atoms with van der Waals surface area (Å²) in [5.41, 5.74) is 1.95. The summed E-state index contributed by atoms with van der Waals surface area (Å²) in [5, 5.41) is 12.2. The smallest absolute Gasteiger partial charge is 0.325 e. The zero-order chi connectivity index (χ0) is 14.0. The van der Waals surface area contributed by atoms with Crippen LogP contribution in [0, 0.1) is 0 Å². The number of hydrogen-bond acceptors (Lipinski definition) is 2. The molecule has 0 aliphatic carbocycles. The number of aromatic nitrogens is 1. The van der Waals surface area contributed by atoms with E-state index in [-0.39, 0.29) is 12.3 Å². The van der Waals surface area contributed by atoms with E-state index in [4.69, 9.17) is 5.11 Å². The van der Waals surface area contributed by atoms with Gasteiger partial charge in [0.1, 0.15) is 6.04 Å². The van der Waals surface area contributed by atoms with Crippen molar-refractivity contribution >= 4 is 22.8 Å². The van der Waals surface area contributed by atoms with Gasteiger partial charge in [-0.05, 0) is 18.6 Å². The average molecular weight is 260 g/mol. The molecule has 1 amide bonds. The molecule has 19 heavy (non-hydrogen) atoms. The van der Waals surface area contributed by atoms with Crippen LogP contribution in [0.2, 0.25) is 0 Å². The van der Waals surface area contributed by atoms with Crippen molar-refractivity contribution in [1.82, 2.24) is 9.88 Å². The number of hydrogen-bond donors (Lipinski definition) is 2. The van der Waals surface area contributed by atoms with E-state index in [0.29, 0.717) is 0 Å². The zero-order valence-corrected chi connectivity index (χ0v) is 10.9. The van der Waals surface area contributed by atoms with Crippen molar-refractivity contribution in [3.63, 3.8) is 0 Å². The first-order valence-electron chi connectivity index (χ1n) is 6.04. The Bertz CT molecular complexity index is 631. The molecule has 1 unspecified atom stereocenters. The summed E-state index contributed by atoms with van der Waals surface area (Å²) < 4.78 is 1.96. The number of rotatable bonds is 4. The summed E-state index contributed by atoms with van der Waals surface area (Å²) in [6.45, 7) is 1.45. The van der Waals surface area contributed by atoms with Gasteiger partial charge in [-0.2, -0.15) is 0 Å². The molecule has 0 saturated heterocycles. The fraction of sp³-hybridized carbons (Fsp3) is 0.286. The minimum absolute atomic E-state index is 0.180. The maximum atomic E-state index is 11.8. The molecular formula is C14H16N2O3. The van der Waals surface area contributed by atoms with Crippen molar-refractivity contribution < 1.29 is 14.7 Å². The molecule has 1 aromatic carbocycles. The SMILES string of the molecule is CC(NC(=O)Cc1cn(C)c2ccccc12)C(=O)O. The van der Waals surface area contributed by atoms with E-state index in [1.54, 1.807) is 0 Å². The molecule has 0 saturated carbocycles. The molecular weight excluding hydrogens is 244 g/mol. The number of carboxylic acid groups (broad SMARTS) is 1. The number of benzene rings is 1. The first-order chi connectivity index (χ1) is 8.99. The number of carbonyl (C=O) groups excluding carboxylic acids is 1. The summed E-state index contributed by atoms with van der Waals surface area (Å²) >= 11 is 0. The van der Waals surface area contributed by atoms with Gasteiger partial charge < -0.3 is 15.0 Å².